The van der Waals surface area contributed by atoms with E-state index in [1.165, 1.54) is 12.0 Å². The third kappa shape index (κ3) is 7.00. The van der Waals surface area contributed by atoms with Crippen molar-refractivity contribution >= 4 is 12.0 Å². The van der Waals surface area contributed by atoms with E-state index in [2.05, 4.69) is 4.90 Å². The van der Waals surface area contributed by atoms with E-state index >= 15 is 0 Å². The Morgan fingerprint density at radius 2 is 1.74 bits per heavy atom. The number of carbonyl (C=O) groups excluding carboxylic acids is 2. The first-order valence-corrected chi connectivity index (χ1v) is 11.5. The molecule has 2 fully saturated rings. The highest BCUT2D eigenvalue weighted by Crippen LogP contribution is 2.24. The van der Waals surface area contributed by atoms with Gasteiger partial charge in [0.1, 0.15) is 36.2 Å². The lowest BCUT2D eigenvalue weighted by atomic mass is 9.99. The molecule has 1 aromatic carbocycles. The first kappa shape index (κ1) is 26.1. The number of hydrogen-bond acceptors (Lipinski definition) is 7. The van der Waals surface area contributed by atoms with E-state index in [0.717, 1.165) is 18.2 Å². The number of nitrogens with zero attached hydrogens (tertiary/aromatic N) is 3. The van der Waals surface area contributed by atoms with Gasteiger partial charge in [-0.05, 0) is 19.8 Å². The van der Waals surface area contributed by atoms with Crippen LogP contribution >= 0.6 is 0 Å². The molecule has 2 aliphatic heterocycles. The second-order valence-corrected chi connectivity index (χ2v) is 8.75. The van der Waals surface area contributed by atoms with E-state index in [-0.39, 0.29) is 50.1 Å². The van der Waals surface area contributed by atoms with Gasteiger partial charge >= 0.3 is 6.09 Å². The molecule has 0 saturated carbocycles. The number of aliphatic hydroxyl groups is 1. The van der Waals surface area contributed by atoms with Gasteiger partial charge in [-0.3, -0.25) is 9.69 Å². The van der Waals surface area contributed by atoms with E-state index in [4.69, 9.17) is 14.2 Å². The highest BCUT2D eigenvalue weighted by molar-refractivity contribution is 5.77. The molecule has 0 radical (unpaired) electrons. The molecule has 0 unspecified atom stereocenters. The van der Waals surface area contributed by atoms with Crippen molar-refractivity contribution < 1.29 is 37.7 Å². The van der Waals surface area contributed by atoms with Gasteiger partial charge in [0.2, 0.25) is 5.91 Å². The van der Waals surface area contributed by atoms with Crippen LogP contribution in [0, 0.1) is 11.6 Å². The Labute approximate surface area is 198 Å². The molecule has 1 N–H and O–H groups in total. The number of halogens is 2. The molecule has 2 aliphatic rings. The second-order valence-electron chi connectivity index (χ2n) is 8.75. The number of benzene rings is 1. The Bertz CT molecular complexity index is 832. The zero-order chi connectivity index (χ0) is 24.7. The van der Waals surface area contributed by atoms with Gasteiger partial charge in [-0.15, -0.1) is 0 Å². The van der Waals surface area contributed by atoms with Crippen molar-refractivity contribution in [2.45, 2.75) is 31.4 Å². The molecule has 9 nitrogen and oxygen atoms in total. The molecular formula is C23H33F2N3O6. The molecule has 1 aromatic rings. The molecule has 2 amide bonds. The lowest BCUT2D eigenvalue weighted by Gasteiger charge is -2.40. The first-order chi connectivity index (χ1) is 16.2. The zero-order valence-electron chi connectivity index (χ0n) is 19.7. The van der Waals surface area contributed by atoms with Gasteiger partial charge in [-0.25, -0.2) is 13.6 Å². The van der Waals surface area contributed by atoms with E-state index in [1.54, 1.807) is 11.8 Å². The van der Waals surface area contributed by atoms with Crippen LogP contribution in [-0.4, -0.2) is 110 Å². The summed E-state index contributed by atoms with van der Waals surface area (Å²) in [6.45, 7) is 3.87. The van der Waals surface area contributed by atoms with Gasteiger partial charge < -0.3 is 29.1 Å². The zero-order valence-corrected chi connectivity index (χ0v) is 19.7. The Balaban J connectivity index is 1.71. The summed E-state index contributed by atoms with van der Waals surface area (Å²) in [4.78, 5) is 29.8. The van der Waals surface area contributed by atoms with Crippen LogP contribution in [0.3, 0.4) is 0 Å². The van der Waals surface area contributed by atoms with Crippen LogP contribution in [0.2, 0.25) is 0 Å². The average Bonchev–Trinajstić information content (AvgIpc) is 2.97. The van der Waals surface area contributed by atoms with Crippen LogP contribution in [0.15, 0.2) is 18.2 Å². The van der Waals surface area contributed by atoms with Crippen LogP contribution in [0.25, 0.3) is 0 Å². The van der Waals surface area contributed by atoms with Crippen molar-refractivity contribution in [3.63, 3.8) is 0 Å². The summed E-state index contributed by atoms with van der Waals surface area (Å²) in [5.41, 5.74) is -1.49. The fourth-order valence-corrected chi connectivity index (χ4v) is 4.48. The predicted molar refractivity (Wildman–Crippen MR) is 118 cm³/mol. The average molecular weight is 486 g/mol. The molecule has 3 rings (SSSR count). The summed E-state index contributed by atoms with van der Waals surface area (Å²) in [6, 6.07) is 2.91. The number of likely N-dealkylation sites (tertiary alicyclic amines) is 1. The normalized spacial score (nSPS) is 22.4. The van der Waals surface area contributed by atoms with E-state index in [1.807, 2.05) is 0 Å². The summed E-state index contributed by atoms with van der Waals surface area (Å²) in [5, 5.41) is 11.5. The summed E-state index contributed by atoms with van der Waals surface area (Å²) in [5.74, 6) is -1.87. The quantitative estimate of drug-likeness (QED) is 0.626. The number of amides is 2. The van der Waals surface area contributed by atoms with Gasteiger partial charge in [0.05, 0.1) is 13.2 Å². The molecule has 0 bridgehead atoms. The van der Waals surface area contributed by atoms with Crippen LogP contribution in [0.5, 0.6) is 5.75 Å². The fourth-order valence-electron chi connectivity index (χ4n) is 4.48. The SMILES string of the molecule is CCOC(=O)N1CCC(N2CCN(C(=O)COC)C[C@@](O)(COc3cc(F)cc(F)c3)C2)CC1. The largest absolute Gasteiger partial charge is 0.490 e. The number of piperidine rings is 1. The molecule has 2 saturated heterocycles. The maximum Gasteiger partial charge on any atom is 0.409 e. The van der Waals surface area contributed by atoms with Crippen molar-refractivity contribution in [2.24, 2.45) is 0 Å². The molecule has 0 spiro atoms. The van der Waals surface area contributed by atoms with Crippen molar-refractivity contribution in [2.75, 3.05) is 66.2 Å². The van der Waals surface area contributed by atoms with E-state index in [0.29, 0.717) is 45.6 Å². The standard InChI is InChI=1S/C23H33F2N3O6/c1-3-33-22(30)26-6-4-19(5-7-26)27-8-9-28(21(29)13-32-2)15-23(31,14-27)16-34-20-11-17(24)10-18(25)12-20/h10-12,19,31H,3-9,13-16H2,1-2H3/t23-/m1/s1. The number of rotatable bonds is 7. The molecule has 190 valence electrons. The monoisotopic (exact) mass is 485 g/mol. The van der Waals surface area contributed by atoms with Gasteiger partial charge in [-0.1, -0.05) is 0 Å². The molecule has 1 atom stereocenters. The molecule has 2 heterocycles. The van der Waals surface area contributed by atoms with Crippen molar-refractivity contribution in [1.82, 2.24) is 14.7 Å². The minimum Gasteiger partial charge on any atom is -0.490 e. The molecule has 0 aromatic heterocycles. The lowest BCUT2D eigenvalue weighted by molar-refractivity contribution is -0.138. The van der Waals surface area contributed by atoms with Crippen LogP contribution in [-0.2, 0) is 14.3 Å². The third-order valence-corrected chi connectivity index (χ3v) is 6.11. The third-order valence-electron chi connectivity index (χ3n) is 6.11. The van der Waals surface area contributed by atoms with Crippen molar-refractivity contribution in [1.29, 1.82) is 0 Å². The molecular weight excluding hydrogens is 452 g/mol. The Morgan fingerprint density at radius 1 is 1.06 bits per heavy atom. The van der Waals surface area contributed by atoms with Crippen LogP contribution in [0.1, 0.15) is 19.8 Å². The predicted octanol–water partition coefficient (Wildman–Crippen LogP) is 1.49. The Kier molecular flexibility index (Phi) is 9.03. The second kappa shape index (κ2) is 11.8. The molecule has 0 aliphatic carbocycles. The maximum atomic E-state index is 13.6. The topological polar surface area (TPSA) is 91.8 Å². The van der Waals surface area contributed by atoms with E-state index in [9.17, 15) is 23.5 Å². The summed E-state index contributed by atoms with van der Waals surface area (Å²) in [6.07, 6.45) is 1.05. The summed E-state index contributed by atoms with van der Waals surface area (Å²) >= 11 is 0. The van der Waals surface area contributed by atoms with Crippen LogP contribution < -0.4 is 4.74 Å². The number of methoxy groups -OCH3 is 1. The van der Waals surface area contributed by atoms with Gasteiger partial charge in [0.15, 0.2) is 0 Å². The van der Waals surface area contributed by atoms with Gasteiger partial charge in [0, 0.05) is 64.1 Å². The Hall–Kier alpha value is -2.50. The number of β-amino-alcohol motifs (C(OH)–C–C–N with tert-alkyl or cyclic N) is 1. The minimum absolute atomic E-state index is 0.00877. The number of ether oxygens (including phenoxy) is 3. The smallest absolute Gasteiger partial charge is 0.409 e. The highest BCUT2D eigenvalue weighted by atomic mass is 19.1. The number of carbonyl (C=O) groups is 2. The van der Waals surface area contributed by atoms with Gasteiger partial charge in [-0.2, -0.15) is 0 Å². The van der Waals surface area contributed by atoms with Crippen molar-refractivity contribution in [3.8, 4) is 5.75 Å². The summed E-state index contributed by atoms with van der Waals surface area (Å²) in [7, 11) is 1.42. The molecule has 11 heteroatoms. The fraction of sp³-hybridized carbons (Fsp3) is 0.652. The maximum absolute atomic E-state index is 13.6. The van der Waals surface area contributed by atoms with E-state index < -0.39 is 17.2 Å². The lowest BCUT2D eigenvalue weighted by Crippen LogP contribution is -2.55. The molecule has 34 heavy (non-hydrogen) atoms. The number of hydrogen-bond donors (Lipinski definition) is 1. The van der Waals surface area contributed by atoms with Crippen LogP contribution in [0.4, 0.5) is 13.6 Å². The first-order valence-electron chi connectivity index (χ1n) is 11.5. The minimum atomic E-state index is -1.49. The van der Waals surface area contributed by atoms with Crippen molar-refractivity contribution in [3.05, 3.63) is 29.8 Å². The Morgan fingerprint density at radius 3 is 2.35 bits per heavy atom. The highest BCUT2D eigenvalue weighted by Gasteiger charge is 2.40. The van der Waals surface area contributed by atoms with Gasteiger partial charge in [0.25, 0.3) is 0 Å². The summed E-state index contributed by atoms with van der Waals surface area (Å²) < 4.78 is 42.7.